The van der Waals surface area contributed by atoms with Crippen molar-refractivity contribution in [2.24, 2.45) is 11.8 Å². The number of carbonyl (C=O) groups is 1. The highest BCUT2D eigenvalue weighted by Gasteiger charge is 2.66. The Bertz CT molecular complexity index is 496. The maximum absolute atomic E-state index is 15.4. The number of fused-ring (bicyclic) bond motifs is 3. The number of carbonyl (C=O) groups excluding carboxylic acids is 1. The zero-order valence-electron chi connectivity index (χ0n) is 12.8. The first-order valence-electron chi connectivity index (χ1n) is 8.04. The number of rotatable bonds is 6. The van der Waals surface area contributed by atoms with Crippen LogP contribution in [0.3, 0.4) is 0 Å². The first kappa shape index (κ1) is 15.8. The highest BCUT2D eigenvalue weighted by molar-refractivity contribution is 5.93. The number of alkyl halides is 2. The second-order valence-electron chi connectivity index (χ2n) is 6.35. The van der Waals surface area contributed by atoms with Gasteiger partial charge in [-0.1, -0.05) is 31.9 Å². The molecule has 1 aliphatic heterocycles. The fraction of sp³-hybridized carbons (Fsp3) is 0.706. The van der Waals surface area contributed by atoms with Crippen molar-refractivity contribution in [3.63, 3.8) is 0 Å². The zero-order chi connectivity index (χ0) is 15.8. The van der Waals surface area contributed by atoms with E-state index in [1.807, 2.05) is 6.92 Å². The third kappa shape index (κ3) is 2.44. The van der Waals surface area contributed by atoms with E-state index in [0.717, 1.165) is 12.5 Å². The second kappa shape index (κ2) is 5.85. The molecule has 122 valence electrons. The standard InChI is InChI=1S/C17H22F2O3/c1-2-3-4-13(18)14(20)7-8-16(19)12-5-6-15(16)17(11-12)21-9-10-22-17/h5-8,12-13,15H,2-4,9-11H2,1H3/t12?,13-,15-,16+/m1/s1. The molecule has 2 bridgehead atoms. The van der Waals surface area contributed by atoms with E-state index in [1.54, 1.807) is 12.2 Å². The highest BCUT2D eigenvalue weighted by Crippen LogP contribution is 2.59. The second-order valence-corrected chi connectivity index (χ2v) is 6.35. The Balaban J connectivity index is 1.70. The van der Waals surface area contributed by atoms with Crippen molar-refractivity contribution in [2.45, 2.75) is 50.2 Å². The smallest absolute Gasteiger partial charge is 0.189 e. The molecule has 3 nitrogen and oxygen atoms in total. The molecule has 1 spiro atoms. The molecule has 22 heavy (non-hydrogen) atoms. The summed E-state index contributed by atoms with van der Waals surface area (Å²) >= 11 is 0. The minimum absolute atomic E-state index is 0.195. The minimum atomic E-state index is -1.72. The molecule has 0 aromatic heterocycles. The molecule has 2 fully saturated rings. The average Bonchev–Trinajstić information content (AvgIpc) is 3.15. The Kier molecular flexibility index (Phi) is 4.21. The summed E-state index contributed by atoms with van der Waals surface area (Å²) < 4.78 is 40.3. The van der Waals surface area contributed by atoms with Crippen molar-refractivity contribution in [2.75, 3.05) is 13.2 Å². The summed E-state index contributed by atoms with van der Waals surface area (Å²) in [6, 6.07) is 0. The molecule has 1 unspecified atom stereocenters. The molecule has 2 aliphatic carbocycles. The van der Waals surface area contributed by atoms with E-state index in [-0.39, 0.29) is 12.3 Å². The van der Waals surface area contributed by atoms with Crippen LogP contribution in [0.15, 0.2) is 24.3 Å². The van der Waals surface area contributed by atoms with Gasteiger partial charge in [-0.3, -0.25) is 4.79 Å². The molecule has 0 aromatic carbocycles. The maximum atomic E-state index is 15.4. The van der Waals surface area contributed by atoms with Gasteiger partial charge in [0.1, 0.15) is 5.67 Å². The van der Waals surface area contributed by atoms with Gasteiger partial charge in [0.05, 0.1) is 19.1 Å². The fourth-order valence-corrected chi connectivity index (χ4v) is 3.75. The number of ketones is 1. The van der Waals surface area contributed by atoms with Crippen molar-refractivity contribution in [3.05, 3.63) is 24.3 Å². The van der Waals surface area contributed by atoms with Crippen molar-refractivity contribution in [1.82, 2.24) is 0 Å². The highest BCUT2D eigenvalue weighted by atomic mass is 19.1. The van der Waals surface area contributed by atoms with E-state index in [4.69, 9.17) is 9.47 Å². The summed E-state index contributed by atoms with van der Waals surface area (Å²) in [5.41, 5.74) is -1.72. The van der Waals surface area contributed by atoms with Crippen LogP contribution in [-0.2, 0) is 14.3 Å². The summed E-state index contributed by atoms with van der Waals surface area (Å²) in [4.78, 5) is 11.8. The third-order valence-electron chi connectivity index (χ3n) is 4.96. The summed E-state index contributed by atoms with van der Waals surface area (Å²) in [6.45, 7) is 2.85. The van der Waals surface area contributed by atoms with Gasteiger partial charge in [0, 0.05) is 12.3 Å². The summed E-state index contributed by atoms with van der Waals surface area (Å²) in [7, 11) is 0. The molecule has 5 heteroatoms. The van der Waals surface area contributed by atoms with Crippen LogP contribution in [0.4, 0.5) is 8.78 Å². The van der Waals surface area contributed by atoms with Gasteiger partial charge in [-0.05, 0) is 18.6 Å². The molecular formula is C17H22F2O3. The van der Waals surface area contributed by atoms with Gasteiger partial charge in [-0.25, -0.2) is 8.78 Å². The molecule has 0 radical (unpaired) electrons. The summed E-state index contributed by atoms with van der Waals surface area (Å²) in [5, 5.41) is 0. The van der Waals surface area contributed by atoms with Crippen LogP contribution in [0.1, 0.15) is 32.6 Å². The molecule has 0 amide bonds. The first-order chi connectivity index (χ1) is 10.5. The Hall–Kier alpha value is -1.07. The molecule has 1 heterocycles. The largest absolute Gasteiger partial charge is 0.347 e. The van der Waals surface area contributed by atoms with E-state index < -0.39 is 29.3 Å². The molecule has 4 atom stereocenters. The van der Waals surface area contributed by atoms with Gasteiger partial charge in [0.2, 0.25) is 0 Å². The Morgan fingerprint density at radius 1 is 1.41 bits per heavy atom. The summed E-state index contributed by atoms with van der Waals surface area (Å²) in [5.74, 6) is -2.50. The van der Waals surface area contributed by atoms with E-state index in [9.17, 15) is 9.18 Å². The molecule has 0 aromatic rings. The molecule has 0 N–H and O–H groups in total. The number of allylic oxidation sites excluding steroid dienone is 3. The SMILES string of the molecule is CCCC[C@@H](F)C(=O)C=C[C@]1(F)C2C=C[C@H]1C1(C2)OCCO1. The molecule has 3 aliphatic rings. The van der Waals surface area contributed by atoms with Crippen LogP contribution in [-0.4, -0.2) is 36.6 Å². The Morgan fingerprint density at radius 3 is 2.82 bits per heavy atom. The number of hydrogen-bond acceptors (Lipinski definition) is 3. The number of ether oxygens (including phenoxy) is 2. The average molecular weight is 312 g/mol. The predicted molar refractivity (Wildman–Crippen MR) is 77.8 cm³/mol. The zero-order valence-corrected chi connectivity index (χ0v) is 12.8. The topological polar surface area (TPSA) is 35.5 Å². The van der Waals surface area contributed by atoms with Crippen molar-refractivity contribution in [3.8, 4) is 0 Å². The Morgan fingerprint density at radius 2 is 2.14 bits per heavy atom. The third-order valence-corrected chi connectivity index (χ3v) is 4.96. The number of halogens is 2. The van der Waals surface area contributed by atoms with E-state index in [0.29, 0.717) is 26.1 Å². The van der Waals surface area contributed by atoms with Gasteiger partial charge in [0.15, 0.2) is 17.7 Å². The van der Waals surface area contributed by atoms with Crippen LogP contribution >= 0.6 is 0 Å². The van der Waals surface area contributed by atoms with Crippen LogP contribution < -0.4 is 0 Å². The maximum Gasteiger partial charge on any atom is 0.189 e. The van der Waals surface area contributed by atoms with Crippen LogP contribution in [0.25, 0.3) is 0 Å². The van der Waals surface area contributed by atoms with Gasteiger partial charge in [-0.15, -0.1) is 0 Å². The van der Waals surface area contributed by atoms with E-state index in [2.05, 4.69) is 0 Å². The lowest BCUT2D eigenvalue weighted by molar-refractivity contribution is -0.180. The lowest BCUT2D eigenvalue weighted by Crippen LogP contribution is -2.40. The molecule has 1 saturated heterocycles. The van der Waals surface area contributed by atoms with Crippen LogP contribution in [0.5, 0.6) is 0 Å². The fourth-order valence-electron chi connectivity index (χ4n) is 3.75. The normalized spacial score (nSPS) is 36.7. The molecule has 1 saturated carbocycles. The monoisotopic (exact) mass is 312 g/mol. The van der Waals surface area contributed by atoms with Crippen LogP contribution in [0, 0.1) is 11.8 Å². The molecular weight excluding hydrogens is 290 g/mol. The number of unbranched alkanes of at least 4 members (excludes halogenated alkanes) is 1. The van der Waals surface area contributed by atoms with E-state index in [1.165, 1.54) is 6.08 Å². The van der Waals surface area contributed by atoms with Gasteiger partial charge >= 0.3 is 0 Å². The lowest BCUT2D eigenvalue weighted by Gasteiger charge is -2.30. The van der Waals surface area contributed by atoms with Crippen LogP contribution in [0.2, 0.25) is 0 Å². The van der Waals surface area contributed by atoms with Crippen molar-refractivity contribution in [1.29, 1.82) is 0 Å². The van der Waals surface area contributed by atoms with Crippen molar-refractivity contribution < 1.29 is 23.0 Å². The minimum Gasteiger partial charge on any atom is -0.347 e. The Labute approximate surface area is 129 Å². The van der Waals surface area contributed by atoms with Crippen molar-refractivity contribution >= 4 is 5.78 Å². The molecule has 3 rings (SSSR count). The predicted octanol–water partition coefficient (Wildman–Crippen LogP) is 3.30. The summed E-state index contributed by atoms with van der Waals surface area (Å²) in [6.07, 6.45) is 6.44. The quantitative estimate of drug-likeness (QED) is 0.558. The van der Waals surface area contributed by atoms with Gasteiger partial charge in [0.25, 0.3) is 0 Å². The number of hydrogen-bond donors (Lipinski definition) is 0. The van der Waals surface area contributed by atoms with Gasteiger partial charge < -0.3 is 9.47 Å². The lowest BCUT2D eigenvalue weighted by atomic mass is 9.90. The van der Waals surface area contributed by atoms with E-state index >= 15 is 4.39 Å². The van der Waals surface area contributed by atoms with Gasteiger partial charge in [-0.2, -0.15) is 0 Å². The first-order valence-corrected chi connectivity index (χ1v) is 8.04.